The summed E-state index contributed by atoms with van der Waals surface area (Å²) in [6, 6.07) is 1.30. The van der Waals surface area contributed by atoms with Crippen LogP contribution in [0.3, 0.4) is 0 Å². The summed E-state index contributed by atoms with van der Waals surface area (Å²) < 4.78 is 4.55. The van der Waals surface area contributed by atoms with Crippen molar-refractivity contribution in [2.75, 3.05) is 12.4 Å². The van der Waals surface area contributed by atoms with Crippen molar-refractivity contribution >= 4 is 17.8 Å². The van der Waals surface area contributed by atoms with Crippen LogP contribution in [-0.4, -0.2) is 40.2 Å². The van der Waals surface area contributed by atoms with E-state index in [1.54, 1.807) is 26.8 Å². The number of carboxylic acids is 1. The van der Waals surface area contributed by atoms with E-state index in [-0.39, 0.29) is 11.9 Å². The Kier molecular flexibility index (Phi) is 4.80. The highest BCUT2D eigenvalue weighted by Gasteiger charge is 2.20. The molecule has 7 heteroatoms. The van der Waals surface area contributed by atoms with Gasteiger partial charge >= 0.3 is 11.9 Å². The summed E-state index contributed by atoms with van der Waals surface area (Å²) in [5.41, 5.74) is 0.591. The molecule has 7 nitrogen and oxygen atoms in total. The number of rotatable bonds is 5. The van der Waals surface area contributed by atoms with Crippen LogP contribution in [0.4, 0.5) is 5.82 Å². The van der Waals surface area contributed by atoms with Gasteiger partial charge in [0.25, 0.3) is 0 Å². The number of methoxy groups -OCH3 is 1. The average Bonchev–Trinajstić information content (AvgIpc) is 2.35. The second kappa shape index (κ2) is 6.12. The third-order valence-corrected chi connectivity index (χ3v) is 2.74. The molecule has 2 atom stereocenters. The Morgan fingerprint density at radius 2 is 2.00 bits per heavy atom. The summed E-state index contributed by atoms with van der Waals surface area (Å²) in [5.74, 6) is -1.78. The second-order valence-electron chi connectivity index (χ2n) is 4.27. The Balaban J connectivity index is 2.92. The molecule has 0 bridgehead atoms. The summed E-state index contributed by atoms with van der Waals surface area (Å²) in [6.07, 6.45) is 0. The molecule has 0 aliphatic carbocycles. The lowest BCUT2D eigenvalue weighted by Crippen LogP contribution is -2.30. The number of aromatic nitrogens is 2. The number of aliphatic carboxylic acids is 1. The van der Waals surface area contributed by atoms with Crippen LogP contribution in [0.2, 0.25) is 0 Å². The molecule has 0 radical (unpaired) electrons. The van der Waals surface area contributed by atoms with Gasteiger partial charge in [-0.3, -0.25) is 4.79 Å². The van der Waals surface area contributed by atoms with E-state index in [2.05, 4.69) is 20.0 Å². The summed E-state index contributed by atoms with van der Waals surface area (Å²) >= 11 is 0. The van der Waals surface area contributed by atoms with Crippen molar-refractivity contribution in [3.63, 3.8) is 0 Å². The molecule has 0 aromatic carbocycles. The first-order chi connectivity index (χ1) is 8.85. The first-order valence-corrected chi connectivity index (χ1v) is 5.78. The maximum absolute atomic E-state index is 11.4. The fourth-order valence-corrected chi connectivity index (χ4v) is 1.40. The molecule has 104 valence electrons. The van der Waals surface area contributed by atoms with E-state index >= 15 is 0 Å². The number of hydrogen-bond acceptors (Lipinski definition) is 6. The molecule has 0 spiro atoms. The van der Waals surface area contributed by atoms with E-state index < -0.39 is 17.9 Å². The lowest BCUT2D eigenvalue weighted by molar-refractivity contribution is -0.141. The van der Waals surface area contributed by atoms with Gasteiger partial charge in [0.2, 0.25) is 5.82 Å². The monoisotopic (exact) mass is 267 g/mol. The van der Waals surface area contributed by atoms with E-state index in [1.807, 2.05) is 0 Å². The van der Waals surface area contributed by atoms with Crippen molar-refractivity contribution in [1.29, 1.82) is 0 Å². The molecule has 2 unspecified atom stereocenters. The van der Waals surface area contributed by atoms with Crippen LogP contribution >= 0.6 is 0 Å². The quantitative estimate of drug-likeness (QED) is 0.770. The molecule has 0 saturated carbocycles. The number of carbonyl (C=O) groups is 2. The van der Waals surface area contributed by atoms with Crippen molar-refractivity contribution in [1.82, 2.24) is 9.97 Å². The summed E-state index contributed by atoms with van der Waals surface area (Å²) in [7, 11) is 1.25. The van der Waals surface area contributed by atoms with Crippen molar-refractivity contribution in [3.05, 3.63) is 17.6 Å². The maximum atomic E-state index is 11.4. The van der Waals surface area contributed by atoms with Gasteiger partial charge in [-0.1, -0.05) is 0 Å². The predicted octanol–water partition coefficient (Wildman–Crippen LogP) is 1.09. The van der Waals surface area contributed by atoms with Crippen LogP contribution in [0.5, 0.6) is 0 Å². The average molecular weight is 267 g/mol. The van der Waals surface area contributed by atoms with Gasteiger partial charge in [0.1, 0.15) is 5.82 Å². The van der Waals surface area contributed by atoms with Crippen LogP contribution in [-0.2, 0) is 9.53 Å². The molecule has 2 N–H and O–H groups in total. The third kappa shape index (κ3) is 3.90. The smallest absolute Gasteiger partial charge is 0.376 e. The van der Waals surface area contributed by atoms with Gasteiger partial charge in [0, 0.05) is 17.8 Å². The van der Waals surface area contributed by atoms with Crippen molar-refractivity contribution in [3.8, 4) is 0 Å². The fourth-order valence-electron chi connectivity index (χ4n) is 1.40. The number of carbonyl (C=O) groups excluding carboxylic acids is 1. The minimum Gasteiger partial charge on any atom is -0.481 e. The summed E-state index contributed by atoms with van der Waals surface area (Å²) in [6.45, 7) is 5.04. The zero-order valence-corrected chi connectivity index (χ0v) is 11.3. The highest BCUT2D eigenvalue weighted by atomic mass is 16.5. The van der Waals surface area contributed by atoms with Crippen LogP contribution in [0, 0.1) is 12.8 Å². The van der Waals surface area contributed by atoms with E-state index in [0.29, 0.717) is 11.5 Å². The number of carboxylic acid groups (broad SMARTS) is 1. The highest BCUT2D eigenvalue weighted by Crippen LogP contribution is 2.12. The first kappa shape index (κ1) is 14.9. The fraction of sp³-hybridized carbons (Fsp3) is 0.500. The number of ether oxygens (including phenoxy) is 1. The summed E-state index contributed by atoms with van der Waals surface area (Å²) in [4.78, 5) is 30.2. The molecule has 19 heavy (non-hydrogen) atoms. The summed E-state index contributed by atoms with van der Waals surface area (Å²) in [5, 5.41) is 11.9. The Hall–Kier alpha value is -2.18. The molecule has 0 amide bonds. The van der Waals surface area contributed by atoms with E-state index in [9.17, 15) is 9.59 Å². The van der Waals surface area contributed by atoms with E-state index in [4.69, 9.17) is 5.11 Å². The van der Waals surface area contributed by atoms with Crippen molar-refractivity contribution in [2.45, 2.75) is 26.8 Å². The van der Waals surface area contributed by atoms with Gasteiger partial charge in [-0.2, -0.15) is 0 Å². The Labute approximate surface area is 111 Å². The standard InChI is InChI=1S/C12H17N3O4/c1-6-5-9(14-8(3)7(2)11(16)17)15-10(13-6)12(18)19-4/h5,7-8H,1-4H3,(H,16,17)(H,13,14,15). The molecule has 0 saturated heterocycles. The van der Waals surface area contributed by atoms with Gasteiger partial charge in [0.15, 0.2) is 0 Å². The molecule has 1 rings (SSSR count). The molecule has 1 aromatic rings. The van der Waals surface area contributed by atoms with Gasteiger partial charge < -0.3 is 15.2 Å². The largest absolute Gasteiger partial charge is 0.481 e. The lowest BCUT2D eigenvalue weighted by atomic mass is 10.0. The van der Waals surface area contributed by atoms with Crippen LogP contribution in [0.25, 0.3) is 0 Å². The van der Waals surface area contributed by atoms with Crippen LogP contribution < -0.4 is 5.32 Å². The number of anilines is 1. The first-order valence-electron chi connectivity index (χ1n) is 5.78. The van der Waals surface area contributed by atoms with Gasteiger partial charge in [-0.15, -0.1) is 0 Å². The highest BCUT2D eigenvalue weighted by molar-refractivity contribution is 5.85. The number of nitrogens with one attached hydrogen (secondary N) is 1. The number of esters is 1. The SMILES string of the molecule is COC(=O)c1nc(C)cc(NC(C)C(C)C(=O)O)n1. The number of aryl methyl sites for hydroxylation is 1. The van der Waals surface area contributed by atoms with Crippen molar-refractivity contribution < 1.29 is 19.4 Å². The molecular formula is C12H17N3O4. The number of hydrogen-bond donors (Lipinski definition) is 2. The Bertz CT molecular complexity index is 490. The molecule has 1 heterocycles. The molecule has 0 aliphatic heterocycles. The van der Waals surface area contributed by atoms with Gasteiger partial charge in [-0.25, -0.2) is 14.8 Å². The topological polar surface area (TPSA) is 101 Å². The van der Waals surface area contributed by atoms with Crippen LogP contribution in [0.1, 0.15) is 30.2 Å². The van der Waals surface area contributed by atoms with Crippen LogP contribution in [0.15, 0.2) is 6.07 Å². The lowest BCUT2D eigenvalue weighted by Gasteiger charge is -2.18. The molecular weight excluding hydrogens is 250 g/mol. The van der Waals surface area contributed by atoms with Gasteiger partial charge in [-0.05, 0) is 20.8 Å². The number of nitrogens with zero attached hydrogens (tertiary/aromatic N) is 2. The minimum absolute atomic E-state index is 0.0554. The molecule has 1 aromatic heterocycles. The maximum Gasteiger partial charge on any atom is 0.376 e. The van der Waals surface area contributed by atoms with Crippen molar-refractivity contribution in [2.24, 2.45) is 5.92 Å². The zero-order chi connectivity index (χ0) is 14.6. The normalized spacial score (nSPS) is 13.5. The minimum atomic E-state index is -0.904. The van der Waals surface area contributed by atoms with E-state index in [1.165, 1.54) is 7.11 Å². The zero-order valence-electron chi connectivity index (χ0n) is 11.3. The molecule has 0 aliphatic rings. The molecule has 0 fully saturated rings. The van der Waals surface area contributed by atoms with Gasteiger partial charge in [0.05, 0.1) is 13.0 Å². The third-order valence-electron chi connectivity index (χ3n) is 2.74. The Morgan fingerprint density at radius 3 is 2.53 bits per heavy atom. The Morgan fingerprint density at radius 1 is 1.37 bits per heavy atom. The predicted molar refractivity (Wildman–Crippen MR) is 68.0 cm³/mol. The second-order valence-corrected chi connectivity index (χ2v) is 4.27. The van der Waals surface area contributed by atoms with E-state index in [0.717, 1.165) is 0 Å².